The van der Waals surface area contributed by atoms with Crippen LogP contribution in [0, 0.1) is 0 Å². The third-order valence-corrected chi connectivity index (χ3v) is 8.03. The molecule has 2 aliphatic heterocycles. The number of ether oxygens (including phenoxy) is 1. The van der Waals surface area contributed by atoms with Gasteiger partial charge in [-0.05, 0) is 82.2 Å². The predicted molar refractivity (Wildman–Crippen MR) is 146 cm³/mol. The molecule has 184 valence electrons. The van der Waals surface area contributed by atoms with Crippen LogP contribution in [-0.4, -0.2) is 18.8 Å². The highest BCUT2D eigenvalue weighted by Crippen LogP contribution is 2.59. The van der Waals surface area contributed by atoms with Crippen molar-refractivity contribution < 1.29 is 9.15 Å². The van der Waals surface area contributed by atoms with Gasteiger partial charge in [0.2, 0.25) is 5.72 Å². The summed E-state index contributed by atoms with van der Waals surface area (Å²) in [5.74, 6) is 1.01. The summed E-state index contributed by atoms with van der Waals surface area (Å²) in [5.41, 5.74) is 4.22. The number of rotatable bonds is 5. The highest BCUT2D eigenvalue weighted by atomic mass is 16.5. The fourth-order valence-electron chi connectivity index (χ4n) is 5.99. The molecule has 0 amide bonds. The van der Waals surface area contributed by atoms with E-state index in [0.29, 0.717) is 11.1 Å². The maximum Gasteiger partial charge on any atom is 0.343 e. The van der Waals surface area contributed by atoms with Gasteiger partial charge in [-0.1, -0.05) is 24.3 Å². The van der Waals surface area contributed by atoms with Crippen molar-refractivity contribution in [3.8, 4) is 0 Å². The van der Waals surface area contributed by atoms with Crippen molar-refractivity contribution in [1.82, 2.24) is 0 Å². The number of hydrogen-bond acceptors (Lipinski definition) is 5. The highest BCUT2D eigenvalue weighted by molar-refractivity contribution is 5.83. The Balaban J connectivity index is 1.44. The molecule has 3 aliphatic rings. The molecule has 0 saturated heterocycles. The molecule has 0 saturated carbocycles. The lowest BCUT2D eigenvalue weighted by Crippen LogP contribution is -2.52. The average Bonchev–Trinajstić information content (AvgIpc) is 3.32. The number of nitrogens with zero attached hydrogens (tertiary/aromatic N) is 2. The number of anilines is 2. The SMILES string of the molecule is CCN(CC)c1ccc2cc(/C=C/C34OC5=C(C=CCC5)N3c3ccccc3C4(C)C)c(=O)oc2c1. The van der Waals surface area contributed by atoms with Crippen molar-refractivity contribution in [2.45, 2.75) is 51.7 Å². The van der Waals surface area contributed by atoms with Gasteiger partial charge >= 0.3 is 5.63 Å². The maximum atomic E-state index is 13.1. The van der Waals surface area contributed by atoms with Gasteiger partial charge in [-0.2, -0.15) is 0 Å². The average molecular weight is 481 g/mol. The largest absolute Gasteiger partial charge is 0.465 e. The molecule has 2 aromatic carbocycles. The van der Waals surface area contributed by atoms with Crippen molar-refractivity contribution in [1.29, 1.82) is 0 Å². The van der Waals surface area contributed by atoms with Gasteiger partial charge in [0.25, 0.3) is 0 Å². The van der Waals surface area contributed by atoms with Crippen LogP contribution in [0.15, 0.2) is 87.4 Å². The fraction of sp³-hybridized carbons (Fsp3) is 0.323. The third kappa shape index (κ3) is 3.11. The minimum Gasteiger partial charge on any atom is -0.465 e. The monoisotopic (exact) mass is 480 g/mol. The second kappa shape index (κ2) is 8.16. The lowest BCUT2D eigenvalue weighted by molar-refractivity contribution is 0.0177. The van der Waals surface area contributed by atoms with E-state index in [2.05, 4.69) is 86.1 Å². The smallest absolute Gasteiger partial charge is 0.343 e. The normalized spacial score (nSPS) is 21.6. The molecule has 1 atom stereocenters. The molecule has 0 radical (unpaired) electrons. The Labute approximate surface area is 212 Å². The second-order valence-corrected chi connectivity index (χ2v) is 10.2. The van der Waals surface area contributed by atoms with Crippen LogP contribution in [-0.2, 0) is 10.2 Å². The Morgan fingerprint density at radius 2 is 1.89 bits per heavy atom. The van der Waals surface area contributed by atoms with E-state index in [4.69, 9.17) is 9.15 Å². The first-order valence-electron chi connectivity index (χ1n) is 12.9. The molecular formula is C31H32N2O3. The van der Waals surface area contributed by atoms with Gasteiger partial charge in [-0.3, -0.25) is 4.90 Å². The van der Waals surface area contributed by atoms with Crippen LogP contribution in [0.3, 0.4) is 0 Å². The minimum absolute atomic E-state index is 0.345. The molecule has 1 aliphatic carbocycles. The zero-order chi connectivity index (χ0) is 25.1. The first-order valence-corrected chi connectivity index (χ1v) is 12.9. The molecule has 0 fully saturated rings. The molecule has 6 rings (SSSR count). The van der Waals surface area contributed by atoms with E-state index < -0.39 is 5.72 Å². The third-order valence-electron chi connectivity index (χ3n) is 8.03. The maximum absolute atomic E-state index is 13.1. The predicted octanol–water partition coefficient (Wildman–Crippen LogP) is 6.74. The van der Waals surface area contributed by atoms with Crippen LogP contribution in [0.1, 0.15) is 51.7 Å². The summed E-state index contributed by atoms with van der Waals surface area (Å²) in [6, 6.07) is 16.5. The van der Waals surface area contributed by atoms with Crippen LogP contribution in [0.25, 0.3) is 17.0 Å². The van der Waals surface area contributed by atoms with Gasteiger partial charge in [0.15, 0.2) is 0 Å². The summed E-state index contributed by atoms with van der Waals surface area (Å²) in [4.78, 5) is 17.6. The van der Waals surface area contributed by atoms with Gasteiger partial charge in [-0.15, -0.1) is 0 Å². The van der Waals surface area contributed by atoms with E-state index in [1.165, 1.54) is 5.56 Å². The standard InChI is InChI=1S/C31H32N2O3/c1-5-32(6-2)23-16-15-21-19-22(29(34)35-28(21)20-23)17-18-31-30(3,4)24-11-7-8-12-25(24)33(31)26-13-9-10-14-27(26)36-31/h7-9,11-13,15-20H,5-6,10,14H2,1-4H3/b18-17+. The summed E-state index contributed by atoms with van der Waals surface area (Å²) in [6.07, 6.45) is 10.2. The lowest BCUT2D eigenvalue weighted by Gasteiger charge is -2.40. The molecule has 0 spiro atoms. The lowest BCUT2D eigenvalue weighted by atomic mass is 9.77. The van der Waals surface area contributed by atoms with Gasteiger partial charge in [0.1, 0.15) is 11.3 Å². The molecule has 5 nitrogen and oxygen atoms in total. The van der Waals surface area contributed by atoms with Gasteiger partial charge in [0, 0.05) is 42.3 Å². The van der Waals surface area contributed by atoms with Crippen LogP contribution in [0.4, 0.5) is 11.4 Å². The van der Waals surface area contributed by atoms with Crippen LogP contribution < -0.4 is 15.4 Å². The first-order chi connectivity index (χ1) is 17.4. The summed E-state index contributed by atoms with van der Waals surface area (Å²) < 4.78 is 12.6. The highest BCUT2D eigenvalue weighted by Gasteiger charge is 2.62. The second-order valence-electron chi connectivity index (χ2n) is 10.2. The molecular weight excluding hydrogens is 448 g/mol. The molecule has 3 aromatic rings. The first kappa shape index (κ1) is 22.7. The molecule has 36 heavy (non-hydrogen) atoms. The van der Waals surface area contributed by atoms with E-state index in [1.807, 2.05) is 24.3 Å². The molecule has 0 bridgehead atoms. The van der Waals surface area contributed by atoms with E-state index in [9.17, 15) is 4.79 Å². The van der Waals surface area contributed by atoms with Gasteiger partial charge in [0.05, 0.1) is 16.7 Å². The van der Waals surface area contributed by atoms with Crippen molar-refractivity contribution in [2.24, 2.45) is 0 Å². The summed E-state index contributed by atoms with van der Waals surface area (Å²) in [7, 11) is 0. The van der Waals surface area contributed by atoms with Crippen LogP contribution in [0.2, 0.25) is 0 Å². The number of benzene rings is 2. The number of fused-ring (bicyclic) bond motifs is 5. The zero-order valence-electron chi connectivity index (χ0n) is 21.4. The van der Waals surface area contributed by atoms with E-state index in [-0.39, 0.29) is 11.0 Å². The topological polar surface area (TPSA) is 45.9 Å². The van der Waals surface area contributed by atoms with Gasteiger partial charge < -0.3 is 14.1 Å². The molecule has 1 aromatic heterocycles. The van der Waals surface area contributed by atoms with E-state index >= 15 is 0 Å². The number of allylic oxidation sites excluding steroid dienone is 3. The Kier molecular flexibility index (Phi) is 5.15. The van der Waals surface area contributed by atoms with Crippen molar-refractivity contribution in [3.63, 3.8) is 0 Å². The summed E-state index contributed by atoms with van der Waals surface area (Å²) in [5, 5.41) is 0.904. The Morgan fingerprint density at radius 1 is 1.08 bits per heavy atom. The quantitative estimate of drug-likeness (QED) is 0.379. The minimum atomic E-state index is -0.760. The number of hydrogen-bond donors (Lipinski definition) is 0. The fourth-order valence-corrected chi connectivity index (χ4v) is 5.99. The number of para-hydroxylation sites is 1. The van der Waals surface area contributed by atoms with E-state index in [1.54, 1.807) is 0 Å². The molecule has 5 heteroatoms. The van der Waals surface area contributed by atoms with Crippen molar-refractivity contribution in [2.75, 3.05) is 22.9 Å². The molecule has 3 heterocycles. The Hall–Kier alpha value is -3.73. The molecule has 1 unspecified atom stereocenters. The Morgan fingerprint density at radius 3 is 2.69 bits per heavy atom. The van der Waals surface area contributed by atoms with Crippen molar-refractivity contribution in [3.05, 3.63) is 99.8 Å². The van der Waals surface area contributed by atoms with Crippen LogP contribution >= 0.6 is 0 Å². The van der Waals surface area contributed by atoms with Crippen LogP contribution in [0.5, 0.6) is 0 Å². The van der Waals surface area contributed by atoms with Crippen molar-refractivity contribution >= 4 is 28.4 Å². The Bertz CT molecular complexity index is 1510. The van der Waals surface area contributed by atoms with E-state index in [0.717, 1.165) is 54.1 Å². The molecule has 0 N–H and O–H groups in total. The summed E-state index contributed by atoms with van der Waals surface area (Å²) >= 11 is 0. The zero-order valence-corrected chi connectivity index (χ0v) is 21.4. The van der Waals surface area contributed by atoms with Gasteiger partial charge in [-0.25, -0.2) is 4.79 Å². The summed E-state index contributed by atoms with van der Waals surface area (Å²) in [6.45, 7) is 10.5.